The van der Waals surface area contributed by atoms with E-state index in [2.05, 4.69) is 9.97 Å². The van der Waals surface area contributed by atoms with Crippen molar-refractivity contribution in [3.63, 3.8) is 0 Å². The van der Waals surface area contributed by atoms with Crippen molar-refractivity contribution >= 4 is 11.5 Å². The Morgan fingerprint density at radius 2 is 2.17 bits per heavy atom. The molecule has 2 N–H and O–H groups in total. The van der Waals surface area contributed by atoms with Crippen LogP contribution in [-0.2, 0) is 0 Å². The third-order valence-corrected chi connectivity index (χ3v) is 1.28. The van der Waals surface area contributed by atoms with Crippen molar-refractivity contribution in [3.8, 4) is 0 Å². The van der Waals surface area contributed by atoms with Gasteiger partial charge in [-0.3, -0.25) is 4.98 Å². The Kier molecular flexibility index (Phi) is 2.63. The zero-order chi connectivity index (χ0) is 8.97. The number of hydrogen-bond acceptors (Lipinski definition) is 3. The van der Waals surface area contributed by atoms with Gasteiger partial charge in [0.25, 0.3) is 0 Å². The Balaban J connectivity index is 0.000000336. The Morgan fingerprint density at radius 1 is 1.42 bits per heavy atom. The molecule has 64 valence electrons. The Hall–Kier alpha value is -1.58. The molecule has 0 aliphatic carbocycles. The van der Waals surface area contributed by atoms with Gasteiger partial charge in [0.2, 0.25) is 0 Å². The second kappa shape index (κ2) is 3.71. The smallest absolute Gasteiger partial charge is 0.157 e. The van der Waals surface area contributed by atoms with E-state index in [0.717, 1.165) is 5.65 Å². The molecule has 0 saturated heterocycles. The van der Waals surface area contributed by atoms with Crippen LogP contribution in [0.25, 0.3) is 5.65 Å². The summed E-state index contributed by atoms with van der Waals surface area (Å²) in [6, 6.07) is 0. The lowest BCUT2D eigenvalue weighted by atomic mass is 10.7. The van der Waals surface area contributed by atoms with Gasteiger partial charge in [-0.2, -0.15) is 0 Å². The van der Waals surface area contributed by atoms with Crippen molar-refractivity contribution in [1.82, 2.24) is 14.4 Å². The number of anilines is 1. The van der Waals surface area contributed by atoms with Crippen LogP contribution in [0.3, 0.4) is 0 Å². The van der Waals surface area contributed by atoms with Crippen LogP contribution < -0.4 is 5.73 Å². The molecule has 0 unspecified atom stereocenters. The van der Waals surface area contributed by atoms with E-state index in [4.69, 9.17) is 5.73 Å². The third-order valence-electron chi connectivity index (χ3n) is 1.28. The van der Waals surface area contributed by atoms with E-state index in [0.29, 0.717) is 5.82 Å². The summed E-state index contributed by atoms with van der Waals surface area (Å²) < 4.78 is 1.82. The van der Waals surface area contributed by atoms with Crippen LogP contribution in [0.4, 0.5) is 5.82 Å². The van der Waals surface area contributed by atoms with Crippen LogP contribution in [0.2, 0.25) is 0 Å². The summed E-state index contributed by atoms with van der Waals surface area (Å²) in [6.07, 6.45) is 6.90. The molecule has 4 nitrogen and oxygen atoms in total. The molecule has 0 radical (unpaired) electrons. The molecule has 0 spiro atoms. The van der Waals surface area contributed by atoms with E-state index in [1.165, 1.54) is 0 Å². The SMILES string of the molecule is CC.Nc1cn2ccncc2n1. The van der Waals surface area contributed by atoms with Crippen molar-refractivity contribution in [3.05, 3.63) is 24.8 Å². The minimum absolute atomic E-state index is 0.521. The largest absolute Gasteiger partial charge is 0.382 e. The summed E-state index contributed by atoms with van der Waals surface area (Å²) in [5.41, 5.74) is 6.21. The summed E-state index contributed by atoms with van der Waals surface area (Å²) in [6.45, 7) is 4.00. The Morgan fingerprint density at radius 3 is 2.83 bits per heavy atom. The zero-order valence-electron chi connectivity index (χ0n) is 7.23. The van der Waals surface area contributed by atoms with Crippen molar-refractivity contribution in [2.45, 2.75) is 13.8 Å². The van der Waals surface area contributed by atoms with Crippen molar-refractivity contribution in [1.29, 1.82) is 0 Å². The first-order valence-corrected chi connectivity index (χ1v) is 3.90. The summed E-state index contributed by atoms with van der Waals surface area (Å²) >= 11 is 0. The summed E-state index contributed by atoms with van der Waals surface area (Å²) in [7, 11) is 0. The minimum Gasteiger partial charge on any atom is -0.382 e. The number of fused-ring (bicyclic) bond motifs is 1. The van der Waals surface area contributed by atoms with Gasteiger partial charge in [0.1, 0.15) is 5.82 Å². The fourth-order valence-corrected chi connectivity index (χ4v) is 0.862. The predicted octanol–water partition coefficient (Wildman–Crippen LogP) is 1.34. The number of nitrogens with zero attached hydrogens (tertiary/aromatic N) is 3. The number of nitrogens with two attached hydrogens (primary N) is 1. The predicted molar refractivity (Wildman–Crippen MR) is 48.7 cm³/mol. The molecule has 0 aromatic carbocycles. The maximum Gasteiger partial charge on any atom is 0.157 e. The molecular formula is C8H12N4. The van der Waals surface area contributed by atoms with Gasteiger partial charge in [0.15, 0.2) is 5.65 Å². The fourth-order valence-electron chi connectivity index (χ4n) is 0.862. The molecule has 0 fully saturated rings. The molecule has 0 aliphatic rings. The average Bonchev–Trinajstić information content (AvgIpc) is 2.48. The molecule has 0 aliphatic heterocycles. The van der Waals surface area contributed by atoms with Crippen LogP contribution >= 0.6 is 0 Å². The van der Waals surface area contributed by atoms with Gasteiger partial charge < -0.3 is 10.1 Å². The highest BCUT2D eigenvalue weighted by Gasteiger charge is 1.93. The minimum atomic E-state index is 0.521. The fraction of sp³-hybridized carbons (Fsp3) is 0.250. The van der Waals surface area contributed by atoms with Crippen molar-refractivity contribution < 1.29 is 0 Å². The lowest BCUT2D eigenvalue weighted by Crippen LogP contribution is -1.81. The highest BCUT2D eigenvalue weighted by molar-refractivity contribution is 5.43. The van der Waals surface area contributed by atoms with Gasteiger partial charge in [-0.25, -0.2) is 4.98 Å². The quantitative estimate of drug-likeness (QED) is 0.639. The van der Waals surface area contributed by atoms with Crippen LogP contribution in [0.5, 0.6) is 0 Å². The van der Waals surface area contributed by atoms with Gasteiger partial charge in [-0.15, -0.1) is 0 Å². The normalized spacial score (nSPS) is 9.17. The number of nitrogen functional groups attached to an aromatic ring is 1. The number of imidazole rings is 1. The van der Waals surface area contributed by atoms with E-state index in [-0.39, 0.29) is 0 Å². The standard InChI is InChI=1S/C6H6N4.C2H6/c7-5-4-10-2-1-8-3-6(10)9-5;1-2/h1-4H,7H2;1-2H3. The summed E-state index contributed by atoms with van der Waals surface area (Å²) in [5, 5.41) is 0. The van der Waals surface area contributed by atoms with Gasteiger partial charge in [0, 0.05) is 12.4 Å². The van der Waals surface area contributed by atoms with Gasteiger partial charge in [-0.05, 0) is 0 Å². The van der Waals surface area contributed by atoms with Gasteiger partial charge in [0.05, 0.1) is 12.4 Å². The second-order valence-electron chi connectivity index (χ2n) is 2.01. The molecule has 0 bridgehead atoms. The maximum atomic E-state index is 5.43. The van der Waals surface area contributed by atoms with E-state index in [1.807, 2.05) is 18.2 Å². The van der Waals surface area contributed by atoms with Crippen molar-refractivity contribution in [2.75, 3.05) is 5.73 Å². The molecule has 4 heteroatoms. The molecule has 2 heterocycles. The average molecular weight is 164 g/mol. The lowest BCUT2D eigenvalue weighted by Gasteiger charge is -1.85. The second-order valence-corrected chi connectivity index (χ2v) is 2.01. The number of rotatable bonds is 0. The molecule has 2 rings (SSSR count). The first-order chi connectivity index (χ1) is 5.86. The molecule has 2 aromatic heterocycles. The van der Waals surface area contributed by atoms with Gasteiger partial charge >= 0.3 is 0 Å². The monoisotopic (exact) mass is 164 g/mol. The zero-order valence-corrected chi connectivity index (χ0v) is 7.23. The first kappa shape index (κ1) is 8.52. The molecule has 0 atom stereocenters. The molecule has 2 aromatic rings. The lowest BCUT2D eigenvalue weighted by molar-refractivity contribution is 1.13. The van der Waals surface area contributed by atoms with Crippen LogP contribution in [0.1, 0.15) is 13.8 Å². The molecule has 12 heavy (non-hydrogen) atoms. The molecule has 0 saturated carbocycles. The highest BCUT2D eigenvalue weighted by Crippen LogP contribution is 2.02. The van der Waals surface area contributed by atoms with Crippen LogP contribution in [-0.4, -0.2) is 14.4 Å². The van der Waals surface area contributed by atoms with Gasteiger partial charge in [-0.1, -0.05) is 13.8 Å². The van der Waals surface area contributed by atoms with Crippen LogP contribution in [0.15, 0.2) is 24.8 Å². The van der Waals surface area contributed by atoms with E-state index in [1.54, 1.807) is 24.8 Å². The summed E-state index contributed by atoms with van der Waals surface area (Å²) in [4.78, 5) is 7.88. The highest BCUT2D eigenvalue weighted by atomic mass is 15.0. The number of aromatic nitrogens is 3. The topological polar surface area (TPSA) is 56.2 Å². The molecule has 0 amide bonds. The third kappa shape index (κ3) is 1.53. The number of hydrogen-bond donors (Lipinski definition) is 1. The van der Waals surface area contributed by atoms with E-state index < -0.39 is 0 Å². The van der Waals surface area contributed by atoms with Crippen molar-refractivity contribution in [2.24, 2.45) is 0 Å². The van der Waals surface area contributed by atoms with Crippen LogP contribution in [0, 0.1) is 0 Å². The first-order valence-electron chi connectivity index (χ1n) is 3.90. The maximum absolute atomic E-state index is 5.43. The summed E-state index contributed by atoms with van der Waals surface area (Å²) in [5.74, 6) is 0.521. The van der Waals surface area contributed by atoms with E-state index >= 15 is 0 Å². The van der Waals surface area contributed by atoms with E-state index in [9.17, 15) is 0 Å². The Bertz CT molecular complexity index is 320. The Labute approximate surface area is 71.1 Å². The molecular weight excluding hydrogens is 152 g/mol.